The molecule has 9 nitrogen and oxygen atoms in total. The van der Waals surface area contributed by atoms with Crippen LogP contribution >= 0.6 is 8.60 Å². The largest absolute Gasteiger partial charge is 0.382 e. The molecule has 1 fully saturated rings. The Hall–Kier alpha value is -1.38. The molecule has 0 saturated carbocycles. The van der Waals surface area contributed by atoms with Crippen LogP contribution in [0.4, 0.5) is 5.82 Å². The molecule has 3 atom stereocenters. The highest BCUT2D eigenvalue weighted by Gasteiger charge is 2.29. The van der Waals surface area contributed by atoms with Crippen molar-refractivity contribution in [1.29, 1.82) is 0 Å². The minimum atomic E-state index is -1.82. The van der Waals surface area contributed by atoms with Gasteiger partial charge in [0, 0.05) is 7.11 Å². The lowest BCUT2D eigenvalue weighted by Crippen LogP contribution is -2.15. The fourth-order valence-electron chi connectivity index (χ4n) is 2.29. The number of hydrogen-bond acceptors (Lipinski definition) is 8. The molecule has 2 aromatic rings. The van der Waals surface area contributed by atoms with Crippen LogP contribution < -0.4 is 5.73 Å². The smallest absolute Gasteiger partial charge is 0.329 e. The Morgan fingerprint density at radius 3 is 3.14 bits per heavy atom. The van der Waals surface area contributed by atoms with Gasteiger partial charge >= 0.3 is 8.60 Å². The van der Waals surface area contributed by atoms with Crippen molar-refractivity contribution < 1.29 is 18.7 Å². The third-order valence-corrected chi connectivity index (χ3v) is 3.99. The predicted molar refractivity (Wildman–Crippen MR) is 75.0 cm³/mol. The molecule has 114 valence electrons. The third kappa shape index (κ3) is 2.97. The van der Waals surface area contributed by atoms with Crippen LogP contribution in [-0.2, 0) is 13.8 Å². The second kappa shape index (κ2) is 6.17. The molecule has 1 saturated heterocycles. The lowest BCUT2D eigenvalue weighted by atomic mass is 10.2. The molecule has 0 radical (unpaired) electrons. The van der Waals surface area contributed by atoms with Crippen molar-refractivity contribution in [2.45, 2.75) is 25.2 Å². The van der Waals surface area contributed by atoms with Gasteiger partial charge in [-0.2, -0.15) is 0 Å². The average Bonchev–Trinajstić information content (AvgIpc) is 3.11. The Bertz CT molecular complexity index is 624. The van der Waals surface area contributed by atoms with E-state index in [0.29, 0.717) is 17.0 Å². The first-order valence-corrected chi connectivity index (χ1v) is 7.56. The third-order valence-electron chi connectivity index (χ3n) is 3.31. The van der Waals surface area contributed by atoms with E-state index in [1.165, 1.54) is 13.4 Å². The lowest BCUT2D eigenvalue weighted by Gasteiger charge is -2.16. The number of ether oxygens (including phenoxy) is 1. The highest BCUT2D eigenvalue weighted by Crippen LogP contribution is 2.35. The molecule has 3 unspecified atom stereocenters. The van der Waals surface area contributed by atoms with Crippen LogP contribution in [0.15, 0.2) is 12.7 Å². The number of nitrogens with two attached hydrogens (primary N) is 1. The quantitative estimate of drug-likeness (QED) is 0.784. The molecule has 1 aliphatic heterocycles. The summed E-state index contributed by atoms with van der Waals surface area (Å²) in [5.41, 5.74) is 6.98. The van der Waals surface area contributed by atoms with Crippen LogP contribution in [0.3, 0.4) is 0 Å². The summed E-state index contributed by atoms with van der Waals surface area (Å²) in [6.45, 7) is 0.288. The zero-order chi connectivity index (χ0) is 14.8. The Morgan fingerprint density at radius 2 is 2.33 bits per heavy atom. The summed E-state index contributed by atoms with van der Waals surface area (Å²) < 4.78 is 17.6. The van der Waals surface area contributed by atoms with Crippen LogP contribution in [-0.4, -0.2) is 44.2 Å². The summed E-state index contributed by atoms with van der Waals surface area (Å²) in [4.78, 5) is 21.6. The lowest BCUT2D eigenvalue weighted by molar-refractivity contribution is -0.0181. The van der Waals surface area contributed by atoms with Crippen LogP contribution in [0.2, 0.25) is 0 Å². The van der Waals surface area contributed by atoms with Gasteiger partial charge in [0.05, 0.1) is 19.0 Å². The van der Waals surface area contributed by atoms with Crippen LogP contribution in [0.5, 0.6) is 0 Å². The van der Waals surface area contributed by atoms with E-state index in [9.17, 15) is 4.89 Å². The van der Waals surface area contributed by atoms with Crippen molar-refractivity contribution in [3.05, 3.63) is 12.7 Å². The van der Waals surface area contributed by atoms with Gasteiger partial charge in [-0.15, -0.1) is 0 Å². The molecule has 21 heavy (non-hydrogen) atoms. The van der Waals surface area contributed by atoms with Crippen LogP contribution in [0.1, 0.15) is 19.1 Å². The average molecular weight is 313 g/mol. The summed E-state index contributed by atoms with van der Waals surface area (Å²) in [7, 11) is -0.428. The van der Waals surface area contributed by atoms with E-state index in [0.717, 1.165) is 12.8 Å². The van der Waals surface area contributed by atoms with E-state index in [-0.39, 0.29) is 18.9 Å². The molecule has 10 heteroatoms. The van der Waals surface area contributed by atoms with Crippen molar-refractivity contribution in [2.75, 3.05) is 19.5 Å². The topological polar surface area (TPSA) is 118 Å². The Kier molecular flexibility index (Phi) is 4.27. The maximum Gasteiger partial charge on any atom is 0.329 e. The molecule has 3 heterocycles. The molecule has 0 spiro atoms. The van der Waals surface area contributed by atoms with Gasteiger partial charge in [-0.05, 0) is 12.8 Å². The van der Waals surface area contributed by atoms with Gasteiger partial charge < -0.3 is 24.4 Å². The summed E-state index contributed by atoms with van der Waals surface area (Å²) in [5.74, 6) is 0.350. The minimum absolute atomic E-state index is 0.0982. The van der Waals surface area contributed by atoms with Gasteiger partial charge in [0.25, 0.3) is 0 Å². The van der Waals surface area contributed by atoms with Crippen LogP contribution in [0, 0.1) is 0 Å². The number of anilines is 1. The van der Waals surface area contributed by atoms with Crippen molar-refractivity contribution in [3.8, 4) is 0 Å². The minimum Gasteiger partial charge on any atom is -0.382 e. The van der Waals surface area contributed by atoms with Crippen molar-refractivity contribution in [1.82, 2.24) is 19.5 Å². The molecule has 0 aliphatic carbocycles. The maximum absolute atomic E-state index is 9.26. The maximum atomic E-state index is 9.26. The van der Waals surface area contributed by atoms with Gasteiger partial charge in [0.15, 0.2) is 11.5 Å². The predicted octanol–water partition coefficient (Wildman–Crippen LogP) is 0.968. The molecule has 2 aromatic heterocycles. The summed E-state index contributed by atoms with van der Waals surface area (Å²) in [6, 6.07) is 0. The first kappa shape index (κ1) is 14.6. The molecule has 0 aromatic carbocycles. The molecule has 3 N–H and O–H groups in total. The van der Waals surface area contributed by atoms with Crippen molar-refractivity contribution in [3.63, 3.8) is 0 Å². The van der Waals surface area contributed by atoms with E-state index in [1.54, 1.807) is 6.33 Å². The van der Waals surface area contributed by atoms with Crippen LogP contribution in [0.25, 0.3) is 11.2 Å². The van der Waals surface area contributed by atoms with Gasteiger partial charge in [-0.25, -0.2) is 15.0 Å². The van der Waals surface area contributed by atoms with Gasteiger partial charge in [0.1, 0.15) is 18.1 Å². The Morgan fingerprint density at radius 1 is 1.48 bits per heavy atom. The SMILES string of the molecule is COP(O)OCC1CCC(n2cnc3c(N)ncnc32)O1. The second-order valence-electron chi connectivity index (χ2n) is 4.59. The first-order chi connectivity index (χ1) is 10.2. The summed E-state index contributed by atoms with van der Waals surface area (Å²) in [5, 5.41) is 0. The number of imidazole rings is 1. The van der Waals surface area contributed by atoms with Gasteiger partial charge in [-0.3, -0.25) is 4.57 Å². The summed E-state index contributed by atoms with van der Waals surface area (Å²) in [6.07, 6.45) is 4.40. The van der Waals surface area contributed by atoms with E-state index in [1.807, 2.05) is 4.57 Å². The number of aromatic nitrogens is 4. The molecule has 0 bridgehead atoms. The Balaban J connectivity index is 1.69. The van der Waals surface area contributed by atoms with E-state index >= 15 is 0 Å². The second-order valence-corrected chi connectivity index (χ2v) is 5.69. The molecule has 0 amide bonds. The standard InChI is InChI=1S/C11H16N5O4P/c1-18-21(17)19-4-7-2-3-8(20-7)16-6-15-9-10(12)13-5-14-11(9)16/h5-8,17H,2-4H2,1H3,(H2,12,13,14). The van der Waals surface area contributed by atoms with Crippen molar-refractivity contribution >= 4 is 25.6 Å². The highest BCUT2D eigenvalue weighted by molar-refractivity contribution is 7.40. The monoisotopic (exact) mass is 313 g/mol. The molecular formula is C11H16N5O4P. The van der Waals surface area contributed by atoms with E-state index in [2.05, 4.69) is 19.5 Å². The fraction of sp³-hybridized carbons (Fsp3) is 0.545. The number of hydrogen-bond donors (Lipinski definition) is 2. The Labute approximate surface area is 122 Å². The summed E-state index contributed by atoms with van der Waals surface area (Å²) >= 11 is 0. The molecule has 3 rings (SSSR count). The zero-order valence-electron chi connectivity index (χ0n) is 11.4. The first-order valence-electron chi connectivity index (χ1n) is 6.43. The van der Waals surface area contributed by atoms with E-state index < -0.39 is 8.60 Å². The fourth-order valence-corrected chi connectivity index (χ4v) is 2.69. The number of fused-ring (bicyclic) bond motifs is 1. The van der Waals surface area contributed by atoms with E-state index in [4.69, 9.17) is 15.0 Å². The highest BCUT2D eigenvalue weighted by atomic mass is 31.2. The molecular weight excluding hydrogens is 297 g/mol. The zero-order valence-corrected chi connectivity index (χ0v) is 12.3. The van der Waals surface area contributed by atoms with Crippen molar-refractivity contribution in [2.24, 2.45) is 0 Å². The normalized spacial score (nSPS) is 23.7. The van der Waals surface area contributed by atoms with Gasteiger partial charge in [-0.1, -0.05) is 0 Å². The van der Waals surface area contributed by atoms with Gasteiger partial charge in [0.2, 0.25) is 0 Å². The number of nitrogens with zero attached hydrogens (tertiary/aromatic N) is 4. The number of nitrogen functional groups attached to an aromatic ring is 1. The molecule has 1 aliphatic rings. The number of rotatable bonds is 5.